The van der Waals surface area contributed by atoms with Gasteiger partial charge >= 0.3 is 0 Å². The van der Waals surface area contributed by atoms with Crippen LogP contribution in [-0.4, -0.2) is 9.97 Å². The summed E-state index contributed by atoms with van der Waals surface area (Å²) in [6, 6.07) is 10.6. The summed E-state index contributed by atoms with van der Waals surface area (Å²) < 4.78 is 5.50. The van der Waals surface area contributed by atoms with Crippen LogP contribution in [0, 0.1) is 0 Å². The van der Waals surface area contributed by atoms with Crippen LogP contribution in [0.25, 0.3) is 22.6 Å². The number of hydrogen-bond donors (Lipinski definition) is 1. The van der Waals surface area contributed by atoms with Crippen LogP contribution in [0.4, 0.5) is 0 Å². The summed E-state index contributed by atoms with van der Waals surface area (Å²) in [7, 11) is 0. The number of aromatic amines is 1. The van der Waals surface area contributed by atoms with Crippen molar-refractivity contribution in [1.82, 2.24) is 9.97 Å². The molecule has 0 atom stereocenters. The van der Waals surface area contributed by atoms with Gasteiger partial charge in [-0.15, -0.1) is 0 Å². The maximum absolute atomic E-state index is 11.9. The lowest BCUT2D eigenvalue weighted by Gasteiger charge is -2.01. The quantitative estimate of drug-likeness (QED) is 0.700. The molecule has 0 spiro atoms. The van der Waals surface area contributed by atoms with Crippen molar-refractivity contribution in [2.24, 2.45) is 0 Å². The second-order valence-corrected chi connectivity index (χ2v) is 3.77. The van der Waals surface area contributed by atoms with Crippen molar-refractivity contribution in [2.75, 3.05) is 0 Å². The third-order valence-corrected chi connectivity index (χ3v) is 2.53. The molecule has 1 N–H and O–H groups in total. The normalized spacial score (nSPS) is 10.7. The van der Waals surface area contributed by atoms with Gasteiger partial charge in [-0.1, -0.05) is 30.3 Å². The van der Waals surface area contributed by atoms with Crippen LogP contribution in [0.1, 0.15) is 0 Å². The van der Waals surface area contributed by atoms with Crippen molar-refractivity contribution in [2.45, 2.75) is 0 Å². The molecule has 0 saturated heterocycles. The maximum atomic E-state index is 11.9. The number of aromatic nitrogens is 2. The fourth-order valence-corrected chi connectivity index (χ4v) is 1.70. The van der Waals surface area contributed by atoms with E-state index in [9.17, 15) is 9.59 Å². The highest BCUT2D eigenvalue weighted by Crippen LogP contribution is 2.19. The van der Waals surface area contributed by atoms with Gasteiger partial charge in [0.2, 0.25) is 11.1 Å². The molecular formula is C13H8N2O3. The molecule has 0 amide bonds. The van der Waals surface area contributed by atoms with Crippen molar-refractivity contribution < 1.29 is 4.42 Å². The number of nitrogens with one attached hydrogen (secondary N) is 1. The third kappa shape index (κ3) is 1.71. The van der Waals surface area contributed by atoms with Gasteiger partial charge in [0, 0.05) is 11.6 Å². The summed E-state index contributed by atoms with van der Waals surface area (Å²) in [5, 5.41) is 0. The summed E-state index contributed by atoms with van der Waals surface area (Å²) in [6.45, 7) is 0. The Kier molecular flexibility index (Phi) is 2.30. The molecule has 0 aliphatic heterocycles. The zero-order chi connectivity index (χ0) is 12.5. The minimum atomic E-state index is -0.428. The monoisotopic (exact) mass is 240 g/mol. The van der Waals surface area contributed by atoms with E-state index < -0.39 is 5.56 Å². The number of rotatable bonds is 1. The minimum absolute atomic E-state index is 0.0854. The first kappa shape index (κ1) is 10.5. The topological polar surface area (TPSA) is 76.0 Å². The number of hydrogen-bond acceptors (Lipinski definition) is 4. The fourth-order valence-electron chi connectivity index (χ4n) is 1.70. The van der Waals surface area contributed by atoms with Crippen molar-refractivity contribution in [3.63, 3.8) is 0 Å². The minimum Gasteiger partial charge on any atom is -0.436 e. The molecule has 0 saturated carbocycles. The second-order valence-electron chi connectivity index (χ2n) is 3.77. The molecule has 0 aliphatic rings. The summed E-state index contributed by atoms with van der Waals surface area (Å²) in [6.07, 6.45) is 1.08. The lowest BCUT2D eigenvalue weighted by molar-refractivity contribution is 0.603. The summed E-state index contributed by atoms with van der Waals surface area (Å²) in [4.78, 5) is 29.2. The number of benzene rings is 1. The van der Waals surface area contributed by atoms with E-state index in [0.717, 1.165) is 11.8 Å². The van der Waals surface area contributed by atoms with Gasteiger partial charge < -0.3 is 9.40 Å². The highest BCUT2D eigenvalue weighted by Gasteiger charge is 2.07. The van der Waals surface area contributed by atoms with Crippen molar-refractivity contribution in [3.05, 3.63) is 63.2 Å². The van der Waals surface area contributed by atoms with Crippen molar-refractivity contribution >= 4 is 11.2 Å². The highest BCUT2D eigenvalue weighted by atomic mass is 16.3. The third-order valence-electron chi connectivity index (χ3n) is 2.53. The molecule has 0 radical (unpaired) electrons. The Bertz CT molecular complexity index is 819. The molecule has 2 aromatic heterocycles. The Labute approximate surface area is 101 Å². The molecule has 0 aliphatic carbocycles. The number of fused-ring (bicyclic) bond motifs is 1. The van der Waals surface area contributed by atoms with E-state index >= 15 is 0 Å². The van der Waals surface area contributed by atoms with Crippen LogP contribution in [0.15, 0.2) is 56.6 Å². The van der Waals surface area contributed by atoms with E-state index in [2.05, 4.69) is 9.97 Å². The van der Waals surface area contributed by atoms with Gasteiger partial charge in [0.25, 0.3) is 5.56 Å². The first-order chi connectivity index (χ1) is 8.74. The van der Waals surface area contributed by atoms with E-state index in [4.69, 9.17) is 4.42 Å². The molecule has 5 heteroatoms. The van der Waals surface area contributed by atoms with Crippen LogP contribution >= 0.6 is 0 Å². The van der Waals surface area contributed by atoms with Crippen LogP contribution in [0.2, 0.25) is 0 Å². The molecule has 2 heterocycles. The van der Waals surface area contributed by atoms with E-state index in [-0.39, 0.29) is 16.7 Å². The maximum Gasteiger partial charge on any atom is 0.267 e. The van der Waals surface area contributed by atoms with Crippen molar-refractivity contribution in [1.29, 1.82) is 0 Å². The molecule has 3 rings (SSSR count). The van der Waals surface area contributed by atoms with E-state index in [0.29, 0.717) is 5.76 Å². The molecule has 1 aromatic carbocycles. The second kappa shape index (κ2) is 3.96. The Morgan fingerprint density at radius 1 is 1.11 bits per heavy atom. The SMILES string of the molecule is O=c1cnc2oc(-c3ccccc3)cc(=O)c2[nH]1. The van der Waals surface area contributed by atoms with Crippen LogP contribution in [0.5, 0.6) is 0 Å². The molecule has 0 unspecified atom stereocenters. The Morgan fingerprint density at radius 2 is 1.89 bits per heavy atom. The standard InChI is InChI=1S/C13H8N2O3/c16-9-6-10(8-4-2-1-3-5-8)18-13-12(9)15-11(17)7-14-13/h1-7H,(H,15,17). The van der Waals surface area contributed by atoms with E-state index in [1.165, 1.54) is 6.07 Å². The summed E-state index contributed by atoms with van der Waals surface area (Å²) >= 11 is 0. The molecule has 0 bridgehead atoms. The Hall–Kier alpha value is -2.69. The van der Waals surface area contributed by atoms with Crippen LogP contribution in [0.3, 0.4) is 0 Å². The van der Waals surface area contributed by atoms with Crippen LogP contribution < -0.4 is 11.0 Å². The Balaban J connectivity index is 2.32. The molecule has 18 heavy (non-hydrogen) atoms. The predicted molar refractivity (Wildman–Crippen MR) is 66.3 cm³/mol. The van der Waals surface area contributed by atoms with E-state index in [1.54, 1.807) is 0 Å². The van der Waals surface area contributed by atoms with Gasteiger partial charge in [0.15, 0.2) is 5.52 Å². The average Bonchev–Trinajstić information content (AvgIpc) is 2.40. The first-order valence-corrected chi connectivity index (χ1v) is 5.33. The van der Waals surface area contributed by atoms with Crippen molar-refractivity contribution in [3.8, 4) is 11.3 Å². The lowest BCUT2D eigenvalue weighted by Crippen LogP contribution is -2.12. The van der Waals surface area contributed by atoms with Gasteiger partial charge in [0.1, 0.15) is 5.76 Å². The van der Waals surface area contributed by atoms with Gasteiger partial charge in [-0.25, -0.2) is 4.98 Å². The van der Waals surface area contributed by atoms with Gasteiger partial charge in [-0.2, -0.15) is 0 Å². The largest absolute Gasteiger partial charge is 0.436 e. The summed E-state index contributed by atoms with van der Waals surface area (Å²) in [5.74, 6) is 0.424. The highest BCUT2D eigenvalue weighted by molar-refractivity contribution is 5.70. The zero-order valence-electron chi connectivity index (χ0n) is 9.21. The molecule has 88 valence electrons. The number of H-pyrrole nitrogens is 1. The molecule has 0 fully saturated rings. The summed E-state index contributed by atoms with van der Waals surface area (Å²) in [5.41, 5.74) is 0.246. The molecular weight excluding hydrogens is 232 g/mol. The molecule has 3 aromatic rings. The molecule has 5 nitrogen and oxygen atoms in total. The van der Waals surface area contributed by atoms with E-state index in [1.807, 2.05) is 30.3 Å². The first-order valence-electron chi connectivity index (χ1n) is 5.33. The fraction of sp³-hybridized carbons (Fsp3) is 0. The Morgan fingerprint density at radius 3 is 2.67 bits per heavy atom. The lowest BCUT2D eigenvalue weighted by atomic mass is 10.1. The smallest absolute Gasteiger partial charge is 0.267 e. The predicted octanol–water partition coefficient (Wildman–Crippen LogP) is 1.54. The number of nitrogens with zero attached hydrogens (tertiary/aromatic N) is 1. The van der Waals surface area contributed by atoms with Gasteiger partial charge in [-0.05, 0) is 0 Å². The van der Waals surface area contributed by atoms with Crippen LogP contribution in [-0.2, 0) is 0 Å². The average molecular weight is 240 g/mol. The van der Waals surface area contributed by atoms with Gasteiger partial charge in [0.05, 0.1) is 6.20 Å². The zero-order valence-corrected chi connectivity index (χ0v) is 9.21. The van der Waals surface area contributed by atoms with Gasteiger partial charge in [-0.3, -0.25) is 9.59 Å².